The molecule has 1 rings (SSSR count). The minimum atomic E-state index is -3.01. The lowest BCUT2D eigenvalue weighted by atomic mass is 10.3. The van der Waals surface area contributed by atoms with Crippen LogP contribution in [0.5, 0.6) is 0 Å². The Morgan fingerprint density at radius 2 is 2.15 bits per heavy atom. The molecule has 0 amide bonds. The van der Waals surface area contributed by atoms with Crippen LogP contribution in [0, 0.1) is 0 Å². The number of hydrogen-bond donors (Lipinski definition) is 0. The molecule has 0 bridgehead atoms. The highest BCUT2D eigenvalue weighted by Gasteiger charge is 2.30. The van der Waals surface area contributed by atoms with E-state index in [2.05, 4.69) is 4.98 Å². The number of Topliss-reactive ketones (excluding diaryl/α,β-unsaturated/α-hetero) is 1. The Labute approximate surface area is 74.4 Å². The van der Waals surface area contributed by atoms with E-state index in [0.29, 0.717) is 0 Å². The van der Waals surface area contributed by atoms with Crippen molar-refractivity contribution in [2.75, 3.05) is 0 Å². The molecule has 13 heavy (non-hydrogen) atoms. The monoisotopic (exact) mass is 188 g/mol. The Morgan fingerprint density at radius 3 is 2.38 bits per heavy atom. The van der Waals surface area contributed by atoms with Crippen LogP contribution in [-0.2, 0) is 13.0 Å². The van der Waals surface area contributed by atoms with Crippen molar-refractivity contribution in [3.8, 4) is 0 Å². The van der Waals surface area contributed by atoms with Crippen molar-refractivity contribution in [3.05, 3.63) is 17.7 Å². The minimum absolute atomic E-state index is 0.191. The van der Waals surface area contributed by atoms with Gasteiger partial charge in [0.1, 0.15) is 5.69 Å². The molecule has 0 unspecified atom stereocenters. The van der Waals surface area contributed by atoms with E-state index in [9.17, 15) is 13.6 Å². The molecule has 0 aliphatic carbocycles. The highest BCUT2D eigenvalue weighted by atomic mass is 19.3. The second-order valence-corrected chi connectivity index (χ2v) is 2.97. The molecule has 0 aromatic carbocycles. The molecule has 0 fully saturated rings. The van der Waals surface area contributed by atoms with E-state index in [1.54, 1.807) is 0 Å². The van der Waals surface area contributed by atoms with Crippen LogP contribution in [0.1, 0.15) is 30.2 Å². The average Bonchev–Trinajstić information content (AvgIpc) is 2.28. The quantitative estimate of drug-likeness (QED) is 0.662. The maximum absolute atomic E-state index is 12.8. The van der Waals surface area contributed by atoms with Crippen molar-refractivity contribution in [3.63, 3.8) is 0 Å². The third-order valence-corrected chi connectivity index (χ3v) is 1.74. The largest absolute Gasteiger partial charge is 0.324 e. The zero-order valence-electron chi connectivity index (χ0n) is 7.64. The van der Waals surface area contributed by atoms with Gasteiger partial charge in [-0.25, -0.2) is 4.98 Å². The van der Waals surface area contributed by atoms with Gasteiger partial charge in [0, 0.05) is 20.9 Å². The summed E-state index contributed by atoms with van der Waals surface area (Å²) in [6.45, 7) is 2.06. The van der Waals surface area contributed by atoms with Gasteiger partial charge in [0.2, 0.25) is 0 Å². The molecule has 0 aliphatic rings. The second-order valence-electron chi connectivity index (χ2n) is 2.97. The number of halogens is 2. The molecular formula is C8H10F2N2O. The summed E-state index contributed by atoms with van der Waals surface area (Å²) in [5, 5.41) is 0. The number of hydrogen-bond acceptors (Lipinski definition) is 2. The SMILES string of the molecule is CC(=O)c1cnc(C(C)(F)F)n1C. The molecule has 0 atom stereocenters. The predicted octanol–water partition coefficient (Wildman–Crippen LogP) is 1.73. The number of aromatic nitrogens is 2. The van der Waals surface area contributed by atoms with Crippen molar-refractivity contribution >= 4 is 5.78 Å². The molecule has 5 heteroatoms. The molecule has 0 spiro atoms. The Morgan fingerprint density at radius 1 is 1.62 bits per heavy atom. The first-order valence-electron chi connectivity index (χ1n) is 3.75. The predicted molar refractivity (Wildman–Crippen MR) is 42.8 cm³/mol. The van der Waals surface area contributed by atoms with Gasteiger partial charge in [-0.05, 0) is 0 Å². The molecule has 0 saturated heterocycles. The van der Waals surface area contributed by atoms with Crippen LogP contribution >= 0.6 is 0 Å². The van der Waals surface area contributed by atoms with E-state index < -0.39 is 11.7 Å². The standard InChI is InChI=1S/C8H10F2N2O/c1-5(13)6-4-11-7(12(6)3)8(2,9)10/h4H,1-3H3. The molecule has 0 aliphatic heterocycles. The lowest BCUT2D eigenvalue weighted by Gasteiger charge is -2.10. The summed E-state index contributed by atoms with van der Waals surface area (Å²) in [6, 6.07) is 0. The van der Waals surface area contributed by atoms with Crippen LogP contribution in [0.15, 0.2) is 6.20 Å². The zero-order chi connectivity index (χ0) is 10.2. The van der Waals surface area contributed by atoms with Gasteiger partial charge in [0.25, 0.3) is 0 Å². The lowest BCUT2D eigenvalue weighted by molar-refractivity contribution is 0.00493. The molecule has 72 valence electrons. The molecule has 0 N–H and O–H groups in total. The van der Waals surface area contributed by atoms with Crippen LogP contribution < -0.4 is 0 Å². The van der Waals surface area contributed by atoms with Crippen molar-refractivity contribution in [1.29, 1.82) is 0 Å². The Balaban J connectivity index is 3.22. The fourth-order valence-corrected chi connectivity index (χ4v) is 1.14. The van der Waals surface area contributed by atoms with E-state index in [1.807, 2.05) is 0 Å². The van der Waals surface area contributed by atoms with E-state index in [0.717, 1.165) is 17.7 Å². The second kappa shape index (κ2) is 2.90. The summed E-state index contributed by atoms with van der Waals surface area (Å²) in [5.41, 5.74) is 0.191. The van der Waals surface area contributed by atoms with Gasteiger partial charge in [-0.2, -0.15) is 8.78 Å². The van der Waals surface area contributed by atoms with Gasteiger partial charge in [-0.3, -0.25) is 4.79 Å². The first-order valence-corrected chi connectivity index (χ1v) is 3.75. The van der Waals surface area contributed by atoms with Crippen LogP contribution in [-0.4, -0.2) is 15.3 Å². The van der Waals surface area contributed by atoms with E-state index in [1.165, 1.54) is 14.0 Å². The molecule has 0 radical (unpaired) electrons. The molecule has 1 aromatic heterocycles. The number of alkyl halides is 2. The van der Waals surface area contributed by atoms with Gasteiger partial charge in [-0.1, -0.05) is 0 Å². The highest BCUT2D eigenvalue weighted by molar-refractivity contribution is 5.92. The number of carbonyl (C=O) groups excluding carboxylic acids is 1. The molecule has 1 heterocycles. The lowest BCUT2D eigenvalue weighted by Crippen LogP contribution is -2.16. The number of carbonyl (C=O) groups is 1. The first-order chi connectivity index (χ1) is 5.84. The van der Waals surface area contributed by atoms with Gasteiger partial charge in [0.15, 0.2) is 11.6 Å². The highest BCUT2D eigenvalue weighted by Crippen LogP contribution is 2.25. The fraction of sp³-hybridized carbons (Fsp3) is 0.500. The van der Waals surface area contributed by atoms with Crippen LogP contribution in [0.25, 0.3) is 0 Å². The van der Waals surface area contributed by atoms with Gasteiger partial charge < -0.3 is 4.57 Å². The summed E-state index contributed by atoms with van der Waals surface area (Å²) in [5.74, 6) is -3.68. The van der Waals surface area contributed by atoms with Crippen LogP contribution in [0.4, 0.5) is 8.78 Å². The van der Waals surface area contributed by atoms with E-state index in [4.69, 9.17) is 0 Å². The van der Waals surface area contributed by atoms with E-state index >= 15 is 0 Å². The first kappa shape index (κ1) is 9.83. The van der Waals surface area contributed by atoms with Crippen LogP contribution in [0.2, 0.25) is 0 Å². The maximum atomic E-state index is 12.8. The van der Waals surface area contributed by atoms with Gasteiger partial charge in [-0.15, -0.1) is 0 Å². The molecule has 1 aromatic rings. The third kappa shape index (κ3) is 1.74. The molecule has 0 saturated carbocycles. The van der Waals surface area contributed by atoms with Gasteiger partial charge >= 0.3 is 5.92 Å². The number of rotatable bonds is 2. The molecular weight excluding hydrogens is 178 g/mol. The van der Waals surface area contributed by atoms with Gasteiger partial charge in [0.05, 0.1) is 6.20 Å². The van der Waals surface area contributed by atoms with Crippen molar-refractivity contribution in [1.82, 2.24) is 9.55 Å². The third-order valence-electron chi connectivity index (χ3n) is 1.74. The molecule has 3 nitrogen and oxygen atoms in total. The maximum Gasteiger partial charge on any atom is 0.302 e. The minimum Gasteiger partial charge on any atom is -0.324 e. The normalized spacial score (nSPS) is 11.8. The summed E-state index contributed by atoms with van der Waals surface area (Å²) >= 11 is 0. The number of imidazole rings is 1. The summed E-state index contributed by atoms with van der Waals surface area (Å²) in [6.07, 6.45) is 1.16. The fourth-order valence-electron chi connectivity index (χ4n) is 1.14. The average molecular weight is 188 g/mol. The summed E-state index contributed by atoms with van der Waals surface area (Å²) in [4.78, 5) is 14.4. The Bertz CT molecular complexity index is 338. The Hall–Kier alpha value is -1.26. The number of ketones is 1. The van der Waals surface area contributed by atoms with Crippen molar-refractivity contribution in [2.45, 2.75) is 19.8 Å². The summed E-state index contributed by atoms with van der Waals surface area (Å²) < 4.78 is 26.7. The van der Waals surface area contributed by atoms with Crippen LogP contribution in [0.3, 0.4) is 0 Å². The summed E-state index contributed by atoms with van der Waals surface area (Å²) in [7, 11) is 1.40. The zero-order valence-corrected chi connectivity index (χ0v) is 7.64. The number of nitrogens with zero attached hydrogens (tertiary/aromatic N) is 2. The smallest absolute Gasteiger partial charge is 0.302 e. The van der Waals surface area contributed by atoms with E-state index in [-0.39, 0.29) is 11.5 Å². The van der Waals surface area contributed by atoms with Crippen molar-refractivity contribution < 1.29 is 13.6 Å². The topological polar surface area (TPSA) is 34.9 Å². The van der Waals surface area contributed by atoms with Crippen molar-refractivity contribution in [2.24, 2.45) is 7.05 Å². The Kier molecular flexibility index (Phi) is 2.19.